The fourth-order valence-electron chi connectivity index (χ4n) is 1.70. The maximum Gasteiger partial charge on any atom is 0.310 e. The van der Waals surface area contributed by atoms with Gasteiger partial charge in [0.2, 0.25) is 0 Å². The Balaban J connectivity index is 2.33. The van der Waals surface area contributed by atoms with E-state index in [1.807, 2.05) is 0 Å². The molecule has 0 fully saturated rings. The highest BCUT2D eigenvalue weighted by molar-refractivity contribution is 6.16. The van der Waals surface area contributed by atoms with Crippen LogP contribution in [0, 0.1) is 5.92 Å². The zero-order valence-corrected chi connectivity index (χ0v) is 9.32. The number of hydrogen-bond acceptors (Lipinski definition) is 3. The number of hydrogen-bond donors (Lipinski definition) is 2. The first kappa shape index (κ1) is 11.8. The number of aliphatic hydroxyl groups is 1. The second kappa shape index (κ2) is 4.69. The number of allylic oxidation sites excluding steroid dienone is 3. The molecule has 1 unspecified atom stereocenters. The number of nitrogens with zero attached hydrogens (tertiary/aromatic N) is 2. The average molecular weight is 242 g/mol. The minimum Gasteiger partial charge on any atom is -0.508 e. The molecular formula is C13H10N2O3. The van der Waals surface area contributed by atoms with Gasteiger partial charge in [-0.05, 0) is 30.3 Å². The van der Waals surface area contributed by atoms with Crippen LogP contribution in [0.5, 0.6) is 5.75 Å². The number of carbonyl (C=O) groups is 1. The van der Waals surface area contributed by atoms with Gasteiger partial charge in [0.1, 0.15) is 17.4 Å². The maximum atomic E-state index is 12.2. The molecule has 18 heavy (non-hydrogen) atoms. The smallest absolute Gasteiger partial charge is 0.310 e. The lowest BCUT2D eigenvalue weighted by Gasteiger charge is -2.09. The number of carbonyl (C=O) groups excluding carboxylic acids is 1. The molecular weight excluding hydrogens is 232 g/mol. The molecule has 1 aromatic rings. The number of aromatic hydroxyl groups is 1. The van der Waals surface area contributed by atoms with Crippen molar-refractivity contribution in [3.05, 3.63) is 59.3 Å². The molecule has 1 aliphatic carbocycles. The minimum atomic E-state index is -0.740. The van der Waals surface area contributed by atoms with Crippen molar-refractivity contribution < 1.29 is 19.8 Å². The third-order valence-electron chi connectivity index (χ3n) is 2.62. The van der Waals surface area contributed by atoms with Crippen LogP contribution in [0.25, 0.3) is 5.53 Å². The first-order valence-corrected chi connectivity index (χ1v) is 5.26. The molecule has 90 valence electrons. The molecule has 5 nitrogen and oxygen atoms in total. The van der Waals surface area contributed by atoms with Gasteiger partial charge in [0.15, 0.2) is 5.78 Å². The Labute approximate surface area is 103 Å². The number of benzene rings is 1. The molecule has 0 spiro atoms. The molecule has 2 rings (SSSR count). The Bertz CT molecular complexity index is 593. The van der Waals surface area contributed by atoms with Crippen LogP contribution in [-0.2, 0) is 0 Å². The lowest BCUT2D eigenvalue weighted by molar-refractivity contribution is -0.00867. The van der Waals surface area contributed by atoms with Crippen molar-refractivity contribution >= 4 is 11.5 Å². The molecule has 0 aliphatic heterocycles. The van der Waals surface area contributed by atoms with Crippen molar-refractivity contribution in [1.29, 1.82) is 0 Å². The largest absolute Gasteiger partial charge is 0.508 e. The lowest BCUT2D eigenvalue weighted by Crippen LogP contribution is -2.24. The second-order valence-electron chi connectivity index (χ2n) is 3.84. The van der Waals surface area contributed by atoms with Crippen LogP contribution >= 0.6 is 0 Å². The Morgan fingerprint density at radius 1 is 1.22 bits per heavy atom. The molecule has 5 heteroatoms. The normalized spacial score (nSPS) is 18.1. The average Bonchev–Trinajstić information content (AvgIpc) is 2.38. The minimum absolute atomic E-state index is 0.0688. The summed E-state index contributed by atoms with van der Waals surface area (Å²) in [6.45, 7) is 0. The molecule has 0 heterocycles. The number of aliphatic hydroxyl groups excluding tert-OH is 1. The number of ketones is 1. The molecule has 0 bridgehead atoms. The van der Waals surface area contributed by atoms with Crippen molar-refractivity contribution in [2.45, 2.75) is 0 Å². The molecule has 1 aliphatic rings. The van der Waals surface area contributed by atoms with Gasteiger partial charge in [-0.3, -0.25) is 4.79 Å². The fraction of sp³-hybridized carbons (Fsp3) is 0.0769. The van der Waals surface area contributed by atoms with Gasteiger partial charge in [0.25, 0.3) is 0 Å². The first-order chi connectivity index (χ1) is 8.61. The van der Waals surface area contributed by atoms with Gasteiger partial charge in [-0.15, -0.1) is 0 Å². The van der Waals surface area contributed by atoms with Crippen molar-refractivity contribution in [3.8, 4) is 5.75 Å². The van der Waals surface area contributed by atoms with Gasteiger partial charge in [0.05, 0.1) is 6.08 Å². The molecule has 0 amide bonds. The standard InChI is InChI=1S/C13H10N2O3/c14-15-12-7-10(17)5-6-11(12)13(18)8-1-3-9(16)4-2-8/h1-7,11,16-17H. The topological polar surface area (TPSA) is 93.9 Å². The fourth-order valence-corrected chi connectivity index (χ4v) is 1.70. The van der Waals surface area contributed by atoms with E-state index in [0.717, 1.165) is 0 Å². The highest BCUT2D eigenvalue weighted by atomic mass is 16.3. The van der Waals surface area contributed by atoms with E-state index in [0.29, 0.717) is 5.56 Å². The number of Topliss-reactive ketones (excluding diaryl/α,β-unsaturated/α-hetero) is 1. The number of phenols is 1. The summed E-state index contributed by atoms with van der Waals surface area (Å²) >= 11 is 0. The quantitative estimate of drug-likeness (QED) is 0.471. The van der Waals surface area contributed by atoms with E-state index >= 15 is 0 Å². The Morgan fingerprint density at radius 3 is 2.50 bits per heavy atom. The van der Waals surface area contributed by atoms with Gasteiger partial charge in [-0.1, -0.05) is 6.08 Å². The van der Waals surface area contributed by atoms with Gasteiger partial charge < -0.3 is 15.7 Å². The summed E-state index contributed by atoms with van der Waals surface area (Å²) in [6.07, 6.45) is 4.06. The van der Waals surface area contributed by atoms with Crippen LogP contribution in [0.3, 0.4) is 0 Å². The summed E-state index contributed by atoms with van der Waals surface area (Å²) in [4.78, 5) is 15.2. The molecule has 0 saturated heterocycles. The summed E-state index contributed by atoms with van der Waals surface area (Å²) < 4.78 is 0. The van der Waals surface area contributed by atoms with Gasteiger partial charge in [-0.2, -0.15) is 4.79 Å². The first-order valence-electron chi connectivity index (χ1n) is 5.26. The Hall–Kier alpha value is -2.65. The van der Waals surface area contributed by atoms with E-state index in [1.54, 1.807) is 0 Å². The van der Waals surface area contributed by atoms with Crippen LogP contribution in [-0.4, -0.2) is 26.5 Å². The zero-order valence-electron chi connectivity index (χ0n) is 9.32. The van der Waals surface area contributed by atoms with Gasteiger partial charge in [0, 0.05) is 5.56 Å². The van der Waals surface area contributed by atoms with E-state index in [-0.39, 0.29) is 23.0 Å². The molecule has 1 atom stereocenters. The molecule has 2 N–H and O–H groups in total. The summed E-state index contributed by atoms with van der Waals surface area (Å²) in [5.41, 5.74) is 9.29. The van der Waals surface area contributed by atoms with Crippen LogP contribution in [0.4, 0.5) is 0 Å². The van der Waals surface area contributed by atoms with Crippen LogP contribution < -0.4 is 0 Å². The number of rotatable bonds is 2. The van der Waals surface area contributed by atoms with E-state index in [2.05, 4.69) is 4.79 Å². The van der Waals surface area contributed by atoms with Crippen molar-refractivity contribution in [2.24, 2.45) is 5.92 Å². The van der Waals surface area contributed by atoms with E-state index in [1.165, 1.54) is 42.5 Å². The summed E-state index contributed by atoms with van der Waals surface area (Å²) in [5, 5.41) is 18.4. The second-order valence-corrected chi connectivity index (χ2v) is 3.84. The highest BCUT2D eigenvalue weighted by Gasteiger charge is 2.30. The SMILES string of the molecule is [N-]=[N+]=C1C=C(O)C=CC1C(=O)c1ccc(O)cc1. The highest BCUT2D eigenvalue weighted by Crippen LogP contribution is 2.19. The number of phenolic OH excluding ortho intramolecular Hbond substituents is 1. The Kier molecular flexibility index (Phi) is 3.08. The predicted octanol–water partition coefficient (Wildman–Crippen LogP) is 1.87. The maximum absolute atomic E-state index is 12.2. The van der Waals surface area contributed by atoms with Crippen LogP contribution in [0.1, 0.15) is 10.4 Å². The van der Waals surface area contributed by atoms with Crippen LogP contribution in [0.2, 0.25) is 0 Å². The van der Waals surface area contributed by atoms with Crippen molar-refractivity contribution in [1.82, 2.24) is 0 Å². The molecule has 0 aromatic heterocycles. The Morgan fingerprint density at radius 2 is 1.89 bits per heavy atom. The third-order valence-corrected chi connectivity index (χ3v) is 2.62. The summed E-state index contributed by atoms with van der Waals surface area (Å²) in [6, 6.07) is 5.78. The van der Waals surface area contributed by atoms with Gasteiger partial charge >= 0.3 is 5.71 Å². The van der Waals surface area contributed by atoms with Crippen molar-refractivity contribution in [2.75, 3.05) is 0 Å². The third kappa shape index (κ3) is 2.21. The van der Waals surface area contributed by atoms with Gasteiger partial charge in [-0.25, -0.2) is 0 Å². The zero-order chi connectivity index (χ0) is 13.1. The monoisotopic (exact) mass is 242 g/mol. The predicted molar refractivity (Wildman–Crippen MR) is 64.4 cm³/mol. The van der Waals surface area contributed by atoms with E-state index in [9.17, 15) is 9.90 Å². The lowest BCUT2D eigenvalue weighted by atomic mass is 9.89. The summed E-state index contributed by atoms with van der Waals surface area (Å²) in [7, 11) is 0. The van der Waals surface area contributed by atoms with Crippen LogP contribution in [0.15, 0.2) is 48.3 Å². The van der Waals surface area contributed by atoms with E-state index < -0.39 is 5.92 Å². The summed E-state index contributed by atoms with van der Waals surface area (Å²) in [5.74, 6) is -1.02. The van der Waals surface area contributed by atoms with Crippen molar-refractivity contribution in [3.63, 3.8) is 0 Å². The van der Waals surface area contributed by atoms with E-state index in [4.69, 9.17) is 10.6 Å². The molecule has 0 radical (unpaired) electrons. The molecule has 1 aromatic carbocycles. The molecule has 0 saturated carbocycles.